The van der Waals surface area contributed by atoms with Crippen molar-refractivity contribution in [2.24, 2.45) is 5.92 Å². The largest absolute Gasteiger partial charge is 0.481 e. The molecule has 82 valence electrons. The summed E-state index contributed by atoms with van der Waals surface area (Å²) in [6.45, 7) is 3.31. The maximum atomic E-state index is 10.9. The highest BCUT2D eigenvalue weighted by Crippen LogP contribution is 2.08. The first-order valence-electron chi connectivity index (χ1n) is 4.55. The van der Waals surface area contributed by atoms with E-state index in [2.05, 4.69) is 15.3 Å². The molecule has 3 N–H and O–H groups in total. The van der Waals surface area contributed by atoms with Gasteiger partial charge in [-0.1, -0.05) is 0 Å². The normalized spacial score (nSPS) is 14.3. The van der Waals surface area contributed by atoms with Crippen LogP contribution in [0.25, 0.3) is 0 Å². The lowest BCUT2D eigenvalue weighted by atomic mass is 10.0. The molecule has 0 saturated carbocycles. The minimum Gasteiger partial charge on any atom is -0.481 e. The van der Waals surface area contributed by atoms with Gasteiger partial charge in [0.1, 0.15) is 5.82 Å². The number of carbonyl (C=O) groups is 1. The zero-order valence-corrected chi connectivity index (χ0v) is 8.52. The number of anilines is 1. The lowest BCUT2D eigenvalue weighted by Crippen LogP contribution is -2.30. The molecular formula is C9H13N3O3. The topological polar surface area (TPSA) is 95.1 Å². The molecule has 2 atom stereocenters. The Morgan fingerprint density at radius 3 is 2.80 bits per heavy atom. The molecule has 0 aliphatic carbocycles. The summed E-state index contributed by atoms with van der Waals surface area (Å²) >= 11 is 0. The molecule has 1 aromatic rings. The van der Waals surface area contributed by atoms with Crippen LogP contribution in [0.2, 0.25) is 0 Å². The third-order valence-corrected chi connectivity index (χ3v) is 2.19. The van der Waals surface area contributed by atoms with Gasteiger partial charge in [-0.2, -0.15) is 0 Å². The van der Waals surface area contributed by atoms with Crippen molar-refractivity contribution in [3.8, 4) is 0 Å². The Hall–Kier alpha value is -1.85. The Morgan fingerprint density at radius 2 is 2.27 bits per heavy atom. The van der Waals surface area contributed by atoms with Crippen LogP contribution in [0.4, 0.5) is 5.82 Å². The fourth-order valence-electron chi connectivity index (χ4n) is 1.02. The molecule has 0 saturated heterocycles. The van der Waals surface area contributed by atoms with Crippen LogP contribution in [0.3, 0.4) is 0 Å². The first kappa shape index (κ1) is 11.2. The van der Waals surface area contributed by atoms with Gasteiger partial charge in [0.2, 0.25) is 0 Å². The zero-order valence-electron chi connectivity index (χ0n) is 8.52. The van der Waals surface area contributed by atoms with Crippen LogP contribution in [0.1, 0.15) is 13.8 Å². The molecule has 0 aliphatic rings. The molecule has 6 nitrogen and oxygen atoms in total. The Labute approximate surface area is 86.4 Å². The monoisotopic (exact) mass is 211 g/mol. The van der Waals surface area contributed by atoms with Gasteiger partial charge in [0.05, 0.1) is 12.2 Å². The van der Waals surface area contributed by atoms with E-state index in [1.54, 1.807) is 13.8 Å². The first-order chi connectivity index (χ1) is 7.00. The number of aliphatic carboxylic acids is 1. The number of rotatable bonds is 4. The van der Waals surface area contributed by atoms with Crippen molar-refractivity contribution < 1.29 is 9.90 Å². The van der Waals surface area contributed by atoms with Crippen molar-refractivity contribution in [3.63, 3.8) is 0 Å². The maximum absolute atomic E-state index is 10.9. The van der Waals surface area contributed by atoms with E-state index in [4.69, 9.17) is 5.11 Å². The molecule has 1 aromatic heterocycles. The Balaban J connectivity index is 2.70. The van der Waals surface area contributed by atoms with E-state index in [0.717, 1.165) is 0 Å². The average molecular weight is 211 g/mol. The Morgan fingerprint density at radius 1 is 1.60 bits per heavy atom. The predicted molar refractivity (Wildman–Crippen MR) is 54.7 cm³/mol. The molecular weight excluding hydrogens is 198 g/mol. The van der Waals surface area contributed by atoms with Crippen LogP contribution in [0.5, 0.6) is 0 Å². The predicted octanol–water partition coefficient (Wildman–Crippen LogP) is 0.291. The van der Waals surface area contributed by atoms with Crippen molar-refractivity contribution in [3.05, 3.63) is 22.7 Å². The van der Waals surface area contributed by atoms with E-state index in [1.165, 1.54) is 12.4 Å². The number of nitrogens with zero attached hydrogens (tertiary/aromatic N) is 1. The van der Waals surface area contributed by atoms with Crippen LogP contribution in [-0.4, -0.2) is 27.1 Å². The zero-order chi connectivity index (χ0) is 11.4. The minimum absolute atomic E-state index is 0.275. The summed E-state index contributed by atoms with van der Waals surface area (Å²) in [7, 11) is 0. The second kappa shape index (κ2) is 4.59. The maximum Gasteiger partial charge on any atom is 0.308 e. The second-order valence-corrected chi connectivity index (χ2v) is 3.36. The van der Waals surface area contributed by atoms with E-state index in [9.17, 15) is 9.59 Å². The summed E-state index contributed by atoms with van der Waals surface area (Å²) in [6.07, 6.45) is 1.27. The fourth-order valence-corrected chi connectivity index (χ4v) is 1.02. The van der Waals surface area contributed by atoms with Crippen LogP contribution in [0, 0.1) is 5.92 Å². The summed E-state index contributed by atoms with van der Waals surface area (Å²) in [4.78, 5) is 27.8. The number of hydrogen-bond donors (Lipinski definition) is 3. The van der Waals surface area contributed by atoms with Gasteiger partial charge >= 0.3 is 5.97 Å². The molecule has 0 aliphatic heterocycles. The first-order valence-corrected chi connectivity index (χ1v) is 4.55. The summed E-state index contributed by atoms with van der Waals surface area (Å²) < 4.78 is 0. The van der Waals surface area contributed by atoms with Gasteiger partial charge in [-0.25, -0.2) is 4.98 Å². The summed E-state index contributed by atoms with van der Waals surface area (Å²) in [5.41, 5.74) is -0.275. The lowest BCUT2D eigenvalue weighted by Gasteiger charge is -2.17. The van der Waals surface area contributed by atoms with Gasteiger partial charge in [-0.15, -0.1) is 0 Å². The number of hydrogen-bond acceptors (Lipinski definition) is 4. The summed E-state index contributed by atoms with van der Waals surface area (Å²) in [5.74, 6) is -1.06. The third-order valence-electron chi connectivity index (χ3n) is 2.19. The second-order valence-electron chi connectivity index (χ2n) is 3.36. The molecule has 15 heavy (non-hydrogen) atoms. The Kier molecular flexibility index (Phi) is 3.43. The molecule has 1 heterocycles. The number of nitrogens with one attached hydrogen (secondary N) is 2. The van der Waals surface area contributed by atoms with Crippen LogP contribution in [-0.2, 0) is 4.79 Å². The standard InChI is InChI=1S/C9H13N3O3/c1-5(9(14)15)6(2)12-7-3-8(13)11-4-10-7/h3-6H,1-2H3,(H,14,15)(H2,10,11,12,13). The molecule has 0 radical (unpaired) electrons. The van der Waals surface area contributed by atoms with E-state index in [0.29, 0.717) is 5.82 Å². The number of carboxylic acids is 1. The molecule has 0 aromatic carbocycles. The van der Waals surface area contributed by atoms with Gasteiger partial charge in [0.15, 0.2) is 0 Å². The fraction of sp³-hybridized carbons (Fsp3) is 0.444. The molecule has 1 rings (SSSR count). The number of carboxylic acid groups (broad SMARTS) is 1. The molecule has 6 heteroatoms. The minimum atomic E-state index is -0.889. The summed E-state index contributed by atoms with van der Waals surface area (Å²) in [6, 6.07) is 0.988. The van der Waals surface area contributed by atoms with Gasteiger partial charge in [0.25, 0.3) is 5.56 Å². The molecule has 0 amide bonds. The van der Waals surface area contributed by atoms with E-state index >= 15 is 0 Å². The van der Waals surface area contributed by atoms with Crippen molar-refractivity contribution in [2.75, 3.05) is 5.32 Å². The van der Waals surface area contributed by atoms with E-state index < -0.39 is 11.9 Å². The molecule has 0 bridgehead atoms. The highest BCUT2D eigenvalue weighted by atomic mass is 16.4. The van der Waals surface area contributed by atoms with E-state index in [1.807, 2.05) is 0 Å². The average Bonchev–Trinajstić information content (AvgIpc) is 2.16. The van der Waals surface area contributed by atoms with Crippen molar-refractivity contribution in [1.29, 1.82) is 0 Å². The highest BCUT2D eigenvalue weighted by Gasteiger charge is 2.19. The van der Waals surface area contributed by atoms with Gasteiger partial charge in [-0.3, -0.25) is 9.59 Å². The third kappa shape index (κ3) is 3.08. The van der Waals surface area contributed by atoms with Gasteiger partial charge in [0, 0.05) is 12.1 Å². The SMILES string of the molecule is CC(Nc1cc(=O)[nH]cn1)C(C)C(=O)O. The van der Waals surface area contributed by atoms with Crippen LogP contribution in [0.15, 0.2) is 17.2 Å². The van der Waals surface area contributed by atoms with Gasteiger partial charge in [-0.05, 0) is 13.8 Å². The molecule has 0 fully saturated rings. The number of H-pyrrole nitrogens is 1. The quantitative estimate of drug-likeness (QED) is 0.665. The molecule has 2 unspecified atom stereocenters. The number of aromatic nitrogens is 2. The van der Waals surface area contributed by atoms with E-state index in [-0.39, 0.29) is 11.6 Å². The van der Waals surface area contributed by atoms with Crippen LogP contribution < -0.4 is 10.9 Å². The van der Waals surface area contributed by atoms with Crippen molar-refractivity contribution in [2.45, 2.75) is 19.9 Å². The smallest absolute Gasteiger partial charge is 0.308 e. The van der Waals surface area contributed by atoms with Crippen molar-refractivity contribution in [1.82, 2.24) is 9.97 Å². The lowest BCUT2D eigenvalue weighted by molar-refractivity contribution is -0.141. The van der Waals surface area contributed by atoms with Gasteiger partial charge < -0.3 is 15.4 Å². The number of aromatic amines is 1. The van der Waals surface area contributed by atoms with Crippen LogP contribution >= 0.6 is 0 Å². The molecule has 0 spiro atoms. The highest BCUT2D eigenvalue weighted by molar-refractivity contribution is 5.70. The Bertz CT molecular complexity index is 402. The van der Waals surface area contributed by atoms with Crippen molar-refractivity contribution >= 4 is 11.8 Å². The summed E-state index contributed by atoms with van der Waals surface area (Å²) in [5, 5.41) is 11.6.